The zero-order chi connectivity index (χ0) is 19.4. The maximum absolute atomic E-state index is 12.9. The summed E-state index contributed by atoms with van der Waals surface area (Å²) in [6.45, 7) is 7.69. The zero-order valence-electron chi connectivity index (χ0n) is 16.3. The number of piperidine rings is 1. The second kappa shape index (κ2) is 8.38. The van der Waals surface area contributed by atoms with E-state index in [-0.39, 0.29) is 11.7 Å². The lowest BCUT2D eigenvalue weighted by atomic mass is 10.0. The molecule has 0 bridgehead atoms. The Morgan fingerprint density at radius 1 is 1.11 bits per heavy atom. The first kappa shape index (κ1) is 19.2. The Morgan fingerprint density at radius 2 is 1.81 bits per heavy atom. The van der Waals surface area contributed by atoms with Crippen molar-refractivity contribution in [3.63, 3.8) is 0 Å². The van der Waals surface area contributed by atoms with Gasteiger partial charge in [0, 0.05) is 37.1 Å². The number of benzene rings is 2. The van der Waals surface area contributed by atoms with E-state index in [9.17, 15) is 9.59 Å². The summed E-state index contributed by atoms with van der Waals surface area (Å²) in [4.78, 5) is 26.1. The monoisotopic (exact) mass is 365 g/mol. The fourth-order valence-corrected chi connectivity index (χ4v) is 3.38. The molecule has 1 heterocycles. The molecule has 0 radical (unpaired) electrons. The van der Waals surface area contributed by atoms with E-state index in [0.717, 1.165) is 16.9 Å². The van der Waals surface area contributed by atoms with Crippen molar-refractivity contribution in [2.24, 2.45) is 0 Å². The molecule has 4 nitrogen and oxygen atoms in total. The van der Waals surface area contributed by atoms with Gasteiger partial charge in [-0.25, -0.2) is 0 Å². The molecule has 0 aliphatic carbocycles. The number of nitrogens with zero attached hydrogens (tertiary/aromatic N) is 1. The smallest absolute Gasteiger partial charge is 0.254 e. The van der Waals surface area contributed by atoms with E-state index in [0.29, 0.717) is 44.0 Å². The average molecular weight is 365 g/mol. The molecule has 4 heteroatoms. The molecular weight excluding hydrogens is 338 g/mol. The Hall–Kier alpha value is -2.62. The lowest BCUT2D eigenvalue weighted by Gasteiger charge is -2.27. The number of carbonyl (C=O) groups is 2. The predicted molar refractivity (Wildman–Crippen MR) is 106 cm³/mol. The minimum atomic E-state index is -0.0185. The molecule has 0 N–H and O–H groups in total. The number of aryl methyl sites for hydroxylation is 1. The Morgan fingerprint density at radius 3 is 2.52 bits per heavy atom. The highest BCUT2D eigenvalue weighted by atomic mass is 16.5. The summed E-state index contributed by atoms with van der Waals surface area (Å²) < 4.78 is 6.14. The number of hydrogen-bond donors (Lipinski definition) is 0. The van der Waals surface area contributed by atoms with Crippen molar-refractivity contribution in [1.29, 1.82) is 0 Å². The van der Waals surface area contributed by atoms with Crippen LogP contribution in [0, 0.1) is 6.92 Å². The number of ether oxygens (including phenoxy) is 1. The first-order chi connectivity index (χ1) is 13.0. The fraction of sp³-hybridized carbons (Fsp3) is 0.391. The molecule has 0 saturated carbocycles. The standard InChI is InChI=1S/C23H27NO3/c1-16(2)20-9-8-17(3)14-22(20)27-15-18-6-4-5-7-21(18)23(26)24-12-10-19(25)11-13-24/h4-9,14,16H,10-13,15H2,1-3H3. The summed E-state index contributed by atoms with van der Waals surface area (Å²) in [7, 11) is 0. The summed E-state index contributed by atoms with van der Waals surface area (Å²) in [6, 6.07) is 13.8. The number of carbonyl (C=O) groups excluding carboxylic acids is 2. The average Bonchev–Trinajstić information content (AvgIpc) is 2.66. The van der Waals surface area contributed by atoms with Crippen LogP contribution in [0.1, 0.15) is 59.7 Å². The Labute approximate surface area is 161 Å². The maximum Gasteiger partial charge on any atom is 0.254 e. The van der Waals surface area contributed by atoms with Crippen molar-refractivity contribution in [2.45, 2.75) is 46.1 Å². The van der Waals surface area contributed by atoms with Crippen LogP contribution in [0.25, 0.3) is 0 Å². The molecule has 0 spiro atoms. The molecule has 2 aromatic carbocycles. The van der Waals surface area contributed by atoms with Gasteiger partial charge in [-0.1, -0.05) is 44.2 Å². The molecule has 1 saturated heterocycles. The molecule has 1 amide bonds. The van der Waals surface area contributed by atoms with Crippen LogP contribution in [0.5, 0.6) is 5.75 Å². The van der Waals surface area contributed by atoms with Gasteiger partial charge in [0.15, 0.2) is 0 Å². The van der Waals surface area contributed by atoms with Crippen molar-refractivity contribution in [1.82, 2.24) is 4.90 Å². The first-order valence-corrected chi connectivity index (χ1v) is 9.58. The Balaban J connectivity index is 1.78. The summed E-state index contributed by atoms with van der Waals surface area (Å²) >= 11 is 0. The molecule has 1 aliphatic rings. The molecule has 27 heavy (non-hydrogen) atoms. The van der Waals surface area contributed by atoms with Gasteiger partial charge in [0.2, 0.25) is 0 Å². The molecule has 142 valence electrons. The Bertz CT molecular complexity index is 831. The lowest BCUT2D eigenvalue weighted by Crippen LogP contribution is -2.39. The second-order valence-corrected chi connectivity index (χ2v) is 7.47. The minimum absolute atomic E-state index is 0.0185. The summed E-state index contributed by atoms with van der Waals surface area (Å²) in [5.41, 5.74) is 3.84. The highest BCUT2D eigenvalue weighted by Gasteiger charge is 2.23. The van der Waals surface area contributed by atoms with Crippen LogP contribution >= 0.6 is 0 Å². The molecule has 0 unspecified atom stereocenters. The molecule has 0 aromatic heterocycles. The molecule has 2 aromatic rings. The van der Waals surface area contributed by atoms with Gasteiger partial charge in [-0.15, -0.1) is 0 Å². The third-order valence-electron chi connectivity index (χ3n) is 5.03. The van der Waals surface area contributed by atoms with Crippen LogP contribution in [0.3, 0.4) is 0 Å². The van der Waals surface area contributed by atoms with E-state index in [1.807, 2.05) is 31.2 Å². The number of amides is 1. The van der Waals surface area contributed by atoms with Crippen LogP contribution in [-0.4, -0.2) is 29.7 Å². The Kier molecular flexibility index (Phi) is 5.94. The van der Waals surface area contributed by atoms with Crippen molar-refractivity contribution >= 4 is 11.7 Å². The highest BCUT2D eigenvalue weighted by molar-refractivity contribution is 5.96. The summed E-state index contributed by atoms with van der Waals surface area (Å²) in [5.74, 6) is 1.45. The number of Topliss-reactive ketones (excluding diaryl/α,β-unsaturated/α-hetero) is 1. The molecule has 3 rings (SSSR count). The third-order valence-corrected chi connectivity index (χ3v) is 5.03. The van der Waals surface area contributed by atoms with Crippen LogP contribution in [0.2, 0.25) is 0 Å². The van der Waals surface area contributed by atoms with Crippen LogP contribution in [0.15, 0.2) is 42.5 Å². The summed E-state index contributed by atoms with van der Waals surface area (Å²) in [5, 5.41) is 0. The normalized spacial score (nSPS) is 14.5. The number of rotatable bonds is 5. The largest absolute Gasteiger partial charge is 0.489 e. The number of hydrogen-bond acceptors (Lipinski definition) is 3. The fourth-order valence-electron chi connectivity index (χ4n) is 3.38. The van der Waals surface area contributed by atoms with Gasteiger partial charge in [0.1, 0.15) is 18.1 Å². The lowest BCUT2D eigenvalue weighted by molar-refractivity contribution is -0.120. The van der Waals surface area contributed by atoms with Crippen molar-refractivity contribution in [3.8, 4) is 5.75 Å². The van der Waals surface area contributed by atoms with E-state index in [2.05, 4.69) is 32.0 Å². The minimum Gasteiger partial charge on any atom is -0.489 e. The van der Waals surface area contributed by atoms with Crippen LogP contribution in [0.4, 0.5) is 0 Å². The van der Waals surface area contributed by atoms with E-state index in [4.69, 9.17) is 4.74 Å². The quantitative estimate of drug-likeness (QED) is 0.784. The van der Waals surface area contributed by atoms with E-state index < -0.39 is 0 Å². The zero-order valence-corrected chi connectivity index (χ0v) is 16.3. The van der Waals surface area contributed by atoms with Gasteiger partial charge in [0.25, 0.3) is 5.91 Å². The second-order valence-electron chi connectivity index (χ2n) is 7.47. The van der Waals surface area contributed by atoms with Gasteiger partial charge < -0.3 is 9.64 Å². The molecule has 1 fully saturated rings. The highest BCUT2D eigenvalue weighted by Crippen LogP contribution is 2.28. The maximum atomic E-state index is 12.9. The van der Waals surface area contributed by atoms with E-state index >= 15 is 0 Å². The molecular formula is C23H27NO3. The van der Waals surface area contributed by atoms with Crippen molar-refractivity contribution in [3.05, 3.63) is 64.7 Å². The van der Waals surface area contributed by atoms with Crippen molar-refractivity contribution in [2.75, 3.05) is 13.1 Å². The number of likely N-dealkylation sites (tertiary alicyclic amines) is 1. The van der Waals surface area contributed by atoms with Gasteiger partial charge >= 0.3 is 0 Å². The van der Waals surface area contributed by atoms with Gasteiger partial charge in [-0.05, 0) is 36.1 Å². The van der Waals surface area contributed by atoms with Crippen LogP contribution < -0.4 is 4.74 Å². The van der Waals surface area contributed by atoms with E-state index in [1.165, 1.54) is 5.56 Å². The number of ketones is 1. The van der Waals surface area contributed by atoms with Gasteiger partial charge in [-0.2, -0.15) is 0 Å². The van der Waals surface area contributed by atoms with Crippen molar-refractivity contribution < 1.29 is 14.3 Å². The summed E-state index contributed by atoms with van der Waals surface area (Å²) in [6.07, 6.45) is 0.900. The SMILES string of the molecule is Cc1ccc(C(C)C)c(OCc2ccccc2C(=O)N2CCC(=O)CC2)c1. The molecule has 1 aliphatic heterocycles. The van der Waals surface area contributed by atoms with Crippen LogP contribution in [-0.2, 0) is 11.4 Å². The first-order valence-electron chi connectivity index (χ1n) is 9.58. The third kappa shape index (κ3) is 4.57. The predicted octanol–water partition coefficient (Wildman–Crippen LogP) is 4.50. The van der Waals surface area contributed by atoms with E-state index in [1.54, 1.807) is 4.90 Å². The topological polar surface area (TPSA) is 46.6 Å². The molecule has 0 atom stereocenters. The van der Waals surface area contributed by atoms with Gasteiger partial charge in [-0.3, -0.25) is 9.59 Å². The van der Waals surface area contributed by atoms with Gasteiger partial charge in [0.05, 0.1) is 0 Å².